The van der Waals surface area contributed by atoms with Crippen LogP contribution in [0.3, 0.4) is 0 Å². The molecule has 140 valence electrons. The quantitative estimate of drug-likeness (QED) is 0.786. The number of carbonyl (C=O) groups is 3. The summed E-state index contributed by atoms with van der Waals surface area (Å²) >= 11 is 0. The van der Waals surface area contributed by atoms with Crippen LogP contribution in [-0.4, -0.2) is 35.8 Å². The zero-order valence-corrected chi connectivity index (χ0v) is 14.1. The van der Waals surface area contributed by atoms with E-state index in [1.807, 2.05) is 0 Å². The molecule has 1 saturated carbocycles. The first-order valence-corrected chi connectivity index (χ1v) is 8.65. The molecule has 3 rings (SSSR count). The highest BCUT2D eigenvalue weighted by Gasteiger charge is 2.47. The summed E-state index contributed by atoms with van der Waals surface area (Å²) in [6.45, 7) is -2.85. The first-order chi connectivity index (χ1) is 12.5. The second kappa shape index (κ2) is 7.80. The Morgan fingerprint density at radius 2 is 1.69 bits per heavy atom. The SMILES string of the molecule is O=C(CCN1C(=O)[C@H]2CCCC[C@H]2C1=O)Nc1ccc(OC(F)F)cc1. The van der Waals surface area contributed by atoms with Gasteiger partial charge >= 0.3 is 6.61 Å². The van der Waals surface area contributed by atoms with Gasteiger partial charge in [0.25, 0.3) is 0 Å². The van der Waals surface area contributed by atoms with Gasteiger partial charge in [0.05, 0.1) is 11.8 Å². The van der Waals surface area contributed by atoms with Crippen LogP contribution >= 0.6 is 0 Å². The number of halogens is 2. The minimum Gasteiger partial charge on any atom is -0.435 e. The van der Waals surface area contributed by atoms with E-state index in [4.69, 9.17) is 0 Å². The van der Waals surface area contributed by atoms with Crippen LogP contribution in [0.4, 0.5) is 14.5 Å². The van der Waals surface area contributed by atoms with Gasteiger partial charge in [-0.1, -0.05) is 12.8 Å². The van der Waals surface area contributed by atoms with Crippen molar-refractivity contribution in [2.24, 2.45) is 11.8 Å². The summed E-state index contributed by atoms with van der Waals surface area (Å²) in [7, 11) is 0. The van der Waals surface area contributed by atoms with E-state index in [2.05, 4.69) is 10.1 Å². The van der Waals surface area contributed by atoms with Crippen LogP contribution < -0.4 is 10.1 Å². The van der Waals surface area contributed by atoms with Crippen molar-refractivity contribution in [3.8, 4) is 5.75 Å². The minimum atomic E-state index is -2.91. The Labute approximate surface area is 149 Å². The molecular weight excluding hydrogens is 346 g/mol. The van der Waals surface area contributed by atoms with Crippen molar-refractivity contribution in [1.29, 1.82) is 0 Å². The highest BCUT2D eigenvalue weighted by atomic mass is 19.3. The number of alkyl halides is 2. The summed E-state index contributed by atoms with van der Waals surface area (Å²) in [6, 6.07) is 5.52. The lowest BCUT2D eigenvalue weighted by Gasteiger charge is -2.19. The molecule has 3 amide bonds. The van der Waals surface area contributed by atoms with Crippen LogP contribution in [0.5, 0.6) is 5.75 Å². The smallest absolute Gasteiger partial charge is 0.387 e. The molecule has 26 heavy (non-hydrogen) atoms. The van der Waals surface area contributed by atoms with E-state index in [0.717, 1.165) is 25.7 Å². The number of amides is 3. The van der Waals surface area contributed by atoms with E-state index in [9.17, 15) is 23.2 Å². The van der Waals surface area contributed by atoms with Crippen molar-refractivity contribution in [2.75, 3.05) is 11.9 Å². The lowest BCUT2D eigenvalue weighted by molar-refractivity contribution is -0.140. The van der Waals surface area contributed by atoms with Crippen molar-refractivity contribution in [3.05, 3.63) is 24.3 Å². The molecule has 2 aliphatic rings. The molecule has 1 saturated heterocycles. The number of anilines is 1. The Morgan fingerprint density at radius 3 is 2.23 bits per heavy atom. The van der Waals surface area contributed by atoms with Gasteiger partial charge in [0.1, 0.15) is 5.75 Å². The molecule has 0 radical (unpaired) electrons. The number of ether oxygens (including phenoxy) is 1. The van der Waals surface area contributed by atoms with E-state index in [1.54, 1.807) is 0 Å². The van der Waals surface area contributed by atoms with Crippen LogP contribution in [0.1, 0.15) is 32.1 Å². The normalized spacial score (nSPS) is 22.5. The fraction of sp³-hybridized carbons (Fsp3) is 0.500. The van der Waals surface area contributed by atoms with Gasteiger partial charge in [0.2, 0.25) is 17.7 Å². The van der Waals surface area contributed by atoms with E-state index in [0.29, 0.717) is 5.69 Å². The lowest BCUT2D eigenvalue weighted by atomic mass is 9.81. The molecular formula is C18H20F2N2O4. The topological polar surface area (TPSA) is 75.7 Å². The zero-order valence-electron chi connectivity index (χ0n) is 14.1. The number of likely N-dealkylation sites (tertiary alicyclic amines) is 1. The number of fused-ring (bicyclic) bond motifs is 1. The largest absolute Gasteiger partial charge is 0.435 e. The van der Waals surface area contributed by atoms with E-state index >= 15 is 0 Å². The molecule has 1 N–H and O–H groups in total. The van der Waals surface area contributed by atoms with Gasteiger partial charge < -0.3 is 10.1 Å². The molecule has 0 unspecified atom stereocenters. The first kappa shape index (κ1) is 18.3. The summed E-state index contributed by atoms with van der Waals surface area (Å²) < 4.78 is 28.4. The Balaban J connectivity index is 1.51. The predicted molar refractivity (Wildman–Crippen MR) is 88.5 cm³/mol. The van der Waals surface area contributed by atoms with Crippen LogP contribution in [0, 0.1) is 11.8 Å². The number of hydrogen-bond acceptors (Lipinski definition) is 4. The van der Waals surface area contributed by atoms with Crippen LogP contribution in [-0.2, 0) is 14.4 Å². The first-order valence-electron chi connectivity index (χ1n) is 8.65. The molecule has 1 aliphatic carbocycles. The molecule has 1 aromatic rings. The number of nitrogens with one attached hydrogen (secondary N) is 1. The van der Waals surface area contributed by atoms with Crippen molar-refractivity contribution in [2.45, 2.75) is 38.7 Å². The molecule has 0 bridgehead atoms. The van der Waals surface area contributed by atoms with Crippen molar-refractivity contribution in [1.82, 2.24) is 4.90 Å². The number of nitrogens with zero attached hydrogens (tertiary/aromatic N) is 1. The highest BCUT2D eigenvalue weighted by Crippen LogP contribution is 2.37. The van der Waals surface area contributed by atoms with Gasteiger partial charge in [-0.15, -0.1) is 0 Å². The Hall–Kier alpha value is -2.51. The summed E-state index contributed by atoms with van der Waals surface area (Å²) in [5.41, 5.74) is 0.421. The number of rotatable bonds is 6. The van der Waals surface area contributed by atoms with Gasteiger partial charge in [-0.05, 0) is 37.1 Å². The van der Waals surface area contributed by atoms with Crippen LogP contribution in [0.2, 0.25) is 0 Å². The summed E-state index contributed by atoms with van der Waals surface area (Å²) in [5.74, 6) is -1.14. The summed E-state index contributed by atoms with van der Waals surface area (Å²) in [6.07, 6.45) is 3.39. The van der Waals surface area contributed by atoms with E-state index in [-0.39, 0.29) is 48.3 Å². The van der Waals surface area contributed by atoms with Crippen molar-refractivity contribution >= 4 is 23.4 Å². The average Bonchev–Trinajstić information content (AvgIpc) is 2.86. The Morgan fingerprint density at radius 1 is 1.12 bits per heavy atom. The number of imide groups is 1. The Kier molecular flexibility index (Phi) is 5.49. The van der Waals surface area contributed by atoms with Gasteiger partial charge in [0, 0.05) is 18.7 Å². The van der Waals surface area contributed by atoms with E-state index in [1.165, 1.54) is 29.2 Å². The predicted octanol–water partition coefficient (Wildman–Crippen LogP) is 2.79. The minimum absolute atomic E-state index is 0.00568. The van der Waals surface area contributed by atoms with Crippen LogP contribution in [0.15, 0.2) is 24.3 Å². The molecule has 6 nitrogen and oxygen atoms in total. The van der Waals surface area contributed by atoms with Crippen LogP contribution in [0.25, 0.3) is 0 Å². The fourth-order valence-electron chi connectivity index (χ4n) is 3.61. The van der Waals surface area contributed by atoms with Gasteiger partial charge in [-0.2, -0.15) is 8.78 Å². The molecule has 0 spiro atoms. The van der Waals surface area contributed by atoms with Crippen molar-refractivity contribution < 1.29 is 27.9 Å². The van der Waals surface area contributed by atoms with Crippen molar-refractivity contribution in [3.63, 3.8) is 0 Å². The number of carbonyl (C=O) groups excluding carboxylic acids is 3. The molecule has 2 fully saturated rings. The second-order valence-corrected chi connectivity index (χ2v) is 6.53. The fourth-order valence-corrected chi connectivity index (χ4v) is 3.61. The average molecular weight is 366 g/mol. The third-order valence-corrected chi connectivity index (χ3v) is 4.86. The molecule has 0 aromatic heterocycles. The number of benzene rings is 1. The van der Waals surface area contributed by atoms with Gasteiger partial charge in [-0.25, -0.2) is 0 Å². The second-order valence-electron chi connectivity index (χ2n) is 6.53. The summed E-state index contributed by atoms with van der Waals surface area (Å²) in [5, 5.41) is 2.61. The molecule has 1 heterocycles. The maximum Gasteiger partial charge on any atom is 0.387 e. The maximum atomic E-state index is 12.3. The molecule has 8 heteroatoms. The molecule has 1 aromatic carbocycles. The van der Waals surface area contributed by atoms with E-state index < -0.39 is 6.61 Å². The van der Waals surface area contributed by atoms with Gasteiger partial charge in [0.15, 0.2) is 0 Å². The third-order valence-electron chi connectivity index (χ3n) is 4.86. The third kappa shape index (κ3) is 4.00. The zero-order chi connectivity index (χ0) is 18.7. The number of hydrogen-bond donors (Lipinski definition) is 1. The monoisotopic (exact) mass is 366 g/mol. The maximum absolute atomic E-state index is 12.3. The summed E-state index contributed by atoms with van der Waals surface area (Å²) in [4.78, 5) is 37.9. The highest BCUT2D eigenvalue weighted by molar-refractivity contribution is 6.05. The molecule has 1 aliphatic heterocycles. The Bertz CT molecular complexity index is 669. The van der Waals surface area contributed by atoms with Gasteiger partial charge in [-0.3, -0.25) is 19.3 Å². The standard InChI is InChI=1S/C18H20F2N2O4/c19-18(20)26-12-7-5-11(6-8-12)21-15(23)9-10-22-16(24)13-3-1-2-4-14(13)17(22)25/h5-8,13-14,18H,1-4,9-10H2,(H,21,23)/t13-,14+. The lowest BCUT2D eigenvalue weighted by Crippen LogP contribution is -2.34. The molecule has 2 atom stereocenters.